The molecule has 0 radical (unpaired) electrons. The van der Waals surface area contributed by atoms with Crippen LogP contribution in [0.5, 0.6) is 0 Å². The maximum Gasteiger partial charge on any atom is 0.224 e. The Bertz CT molecular complexity index is 573. The molecule has 3 fully saturated rings. The van der Waals surface area contributed by atoms with Gasteiger partial charge in [-0.05, 0) is 91.4 Å². The molecule has 4 aliphatic rings. The number of fused-ring (bicyclic) bond motifs is 5. The van der Waals surface area contributed by atoms with E-state index < -0.39 is 0 Å². The average molecular weight is 333 g/mol. The Labute approximate surface area is 144 Å². The lowest BCUT2D eigenvalue weighted by atomic mass is 9.45. The van der Waals surface area contributed by atoms with Crippen LogP contribution in [0.3, 0.4) is 0 Å². The zero-order valence-electron chi connectivity index (χ0n) is 15.0. The summed E-state index contributed by atoms with van der Waals surface area (Å²) in [4.78, 5) is 10.7. The normalized spacial score (nSPS) is 50.5. The van der Waals surface area contributed by atoms with Gasteiger partial charge in [0.2, 0.25) is 6.54 Å². The summed E-state index contributed by atoms with van der Waals surface area (Å²) >= 11 is 0. The molecule has 0 bridgehead atoms. The van der Waals surface area contributed by atoms with Crippen LogP contribution in [-0.2, 0) is 0 Å². The second-order valence-corrected chi connectivity index (χ2v) is 9.56. The van der Waals surface area contributed by atoms with Gasteiger partial charge in [-0.1, -0.05) is 19.9 Å². The highest BCUT2D eigenvalue weighted by atomic mass is 16.6. The summed E-state index contributed by atoms with van der Waals surface area (Å²) in [6, 6.07) is 0. The molecule has 1 N–H and O–H groups in total. The van der Waals surface area contributed by atoms with Crippen molar-refractivity contribution in [3.05, 3.63) is 21.8 Å². The monoisotopic (exact) mass is 333 g/mol. The highest BCUT2D eigenvalue weighted by Crippen LogP contribution is 2.65. The minimum Gasteiger partial charge on any atom is -0.393 e. The lowest BCUT2D eigenvalue weighted by Gasteiger charge is -2.59. The fourth-order valence-corrected chi connectivity index (χ4v) is 7.22. The summed E-state index contributed by atoms with van der Waals surface area (Å²) in [5.41, 5.74) is 1.52. The Morgan fingerprint density at radius 1 is 1.17 bits per heavy atom. The predicted molar refractivity (Wildman–Crippen MR) is 93.1 cm³/mol. The first-order valence-electron chi connectivity index (χ1n) is 9.82. The van der Waals surface area contributed by atoms with Crippen LogP contribution < -0.4 is 0 Å². The molecule has 0 spiro atoms. The van der Waals surface area contributed by atoms with E-state index in [4.69, 9.17) is 0 Å². The predicted octanol–water partition coefficient (Wildman–Crippen LogP) is 4.20. The van der Waals surface area contributed by atoms with Crippen LogP contribution >= 0.6 is 0 Å². The number of aliphatic hydroxyl groups excluding tert-OH is 1. The van der Waals surface area contributed by atoms with Crippen LogP contribution in [0.1, 0.15) is 65.2 Å². The molecule has 4 nitrogen and oxygen atoms in total. The lowest BCUT2D eigenvalue weighted by Crippen LogP contribution is -2.53. The number of aliphatic hydroxyl groups is 1. The van der Waals surface area contributed by atoms with Crippen LogP contribution in [0.15, 0.2) is 11.6 Å². The van der Waals surface area contributed by atoms with Crippen LogP contribution in [0.25, 0.3) is 0 Å². The third kappa shape index (κ3) is 2.28. The average Bonchev–Trinajstić information content (AvgIpc) is 2.83. The van der Waals surface area contributed by atoms with Crippen molar-refractivity contribution in [2.24, 2.45) is 34.5 Å². The van der Waals surface area contributed by atoms with Gasteiger partial charge < -0.3 is 5.11 Å². The molecule has 0 aromatic rings. The number of nitro groups is 1. The van der Waals surface area contributed by atoms with Crippen molar-refractivity contribution in [3.63, 3.8) is 0 Å². The molecule has 0 aromatic heterocycles. The van der Waals surface area contributed by atoms with Crippen LogP contribution in [0.4, 0.5) is 0 Å². The molecule has 4 heteroatoms. The molecule has 134 valence electrons. The maximum atomic E-state index is 10.9. The van der Waals surface area contributed by atoms with E-state index in [1.54, 1.807) is 0 Å². The molecular formula is C20H31NO3. The molecule has 4 rings (SSSR count). The molecule has 0 heterocycles. The summed E-state index contributed by atoms with van der Waals surface area (Å²) < 4.78 is 0. The molecule has 0 aromatic carbocycles. The molecule has 7 atom stereocenters. The molecule has 0 aliphatic heterocycles. The van der Waals surface area contributed by atoms with E-state index in [9.17, 15) is 15.2 Å². The second kappa shape index (κ2) is 5.55. The van der Waals surface area contributed by atoms with Crippen LogP contribution in [0.2, 0.25) is 0 Å². The van der Waals surface area contributed by atoms with Gasteiger partial charge in [-0.15, -0.1) is 0 Å². The summed E-state index contributed by atoms with van der Waals surface area (Å²) in [5, 5.41) is 21.4. The zero-order chi connectivity index (χ0) is 17.1. The van der Waals surface area contributed by atoms with Crippen molar-refractivity contribution in [1.29, 1.82) is 0 Å². The Balaban J connectivity index is 1.58. The standard InChI is InChI=1S/C20H31NO3/c1-19-9-7-13(12-21(23)24)11-14(19)3-4-15-16-5-6-18(22)20(16,2)10-8-17(15)19/h7,14-18,22H,3-6,8-12H2,1-2H3/t14-,15?,16?,17?,18-,19-,20-/m0/s1. The minimum absolute atomic E-state index is 0.0353. The first-order chi connectivity index (χ1) is 11.3. The van der Waals surface area contributed by atoms with E-state index in [1.165, 1.54) is 25.7 Å². The van der Waals surface area contributed by atoms with Gasteiger partial charge in [0, 0.05) is 4.92 Å². The largest absolute Gasteiger partial charge is 0.393 e. The van der Waals surface area contributed by atoms with Crippen molar-refractivity contribution in [2.75, 3.05) is 6.54 Å². The second-order valence-electron chi connectivity index (χ2n) is 9.56. The third-order valence-electron chi connectivity index (χ3n) is 8.69. The zero-order valence-corrected chi connectivity index (χ0v) is 15.0. The highest BCUT2D eigenvalue weighted by molar-refractivity contribution is 5.17. The fourth-order valence-electron chi connectivity index (χ4n) is 7.22. The summed E-state index contributed by atoms with van der Waals surface area (Å²) in [6.07, 6.45) is 11.1. The van der Waals surface area contributed by atoms with E-state index in [0.29, 0.717) is 17.3 Å². The number of nitrogens with zero attached hydrogens (tertiary/aromatic N) is 1. The minimum atomic E-state index is -0.175. The van der Waals surface area contributed by atoms with Crippen LogP contribution in [0, 0.1) is 44.6 Å². The number of hydrogen-bond acceptors (Lipinski definition) is 3. The maximum absolute atomic E-state index is 10.9. The topological polar surface area (TPSA) is 63.4 Å². The quantitative estimate of drug-likeness (QED) is 0.468. The van der Waals surface area contributed by atoms with E-state index in [0.717, 1.165) is 43.1 Å². The van der Waals surface area contributed by atoms with Crippen molar-refractivity contribution < 1.29 is 10.0 Å². The Kier molecular flexibility index (Phi) is 3.83. The van der Waals surface area contributed by atoms with Crippen molar-refractivity contribution in [1.82, 2.24) is 0 Å². The Morgan fingerprint density at radius 2 is 1.92 bits per heavy atom. The Hall–Kier alpha value is -0.900. The summed E-state index contributed by atoms with van der Waals surface area (Å²) in [7, 11) is 0. The molecule has 4 aliphatic carbocycles. The van der Waals surface area contributed by atoms with E-state index in [-0.39, 0.29) is 23.0 Å². The van der Waals surface area contributed by atoms with Crippen molar-refractivity contribution in [2.45, 2.75) is 71.3 Å². The van der Waals surface area contributed by atoms with E-state index in [2.05, 4.69) is 19.9 Å². The first kappa shape index (κ1) is 16.6. The van der Waals surface area contributed by atoms with E-state index in [1.807, 2.05) is 0 Å². The number of hydrogen-bond donors (Lipinski definition) is 1. The van der Waals surface area contributed by atoms with Gasteiger partial charge >= 0.3 is 0 Å². The number of rotatable bonds is 2. The molecule has 0 saturated heterocycles. The summed E-state index contributed by atoms with van der Waals surface area (Å²) in [5.74, 6) is 2.81. The molecule has 24 heavy (non-hydrogen) atoms. The van der Waals surface area contributed by atoms with Gasteiger partial charge in [-0.25, -0.2) is 0 Å². The molecule has 3 unspecified atom stereocenters. The highest BCUT2D eigenvalue weighted by Gasteiger charge is 2.59. The lowest BCUT2D eigenvalue weighted by molar-refractivity contribution is -0.471. The van der Waals surface area contributed by atoms with Gasteiger partial charge in [0.25, 0.3) is 0 Å². The van der Waals surface area contributed by atoms with Gasteiger partial charge in [0.15, 0.2) is 0 Å². The van der Waals surface area contributed by atoms with Gasteiger partial charge in [0.05, 0.1) is 6.10 Å². The molecule has 0 amide bonds. The third-order valence-corrected chi connectivity index (χ3v) is 8.69. The van der Waals surface area contributed by atoms with E-state index >= 15 is 0 Å². The molecular weight excluding hydrogens is 302 g/mol. The Morgan fingerprint density at radius 3 is 2.67 bits per heavy atom. The van der Waals surface area contributed by atoms with Crippen LogP contribution in [-0.4, -0.2) is 22.7 Å². The fraction of sp³-hybridized carbons (Fsp3) is 0.900. The van der Waals surface area contributed by atoms with Gasteiger partial charge in [-0.3, -0.25) is 10.1 Å². The SMILES string of the molecule is C[C@]12CCC3C(CC[C@H]4CC(C[N+](=O)[O-])=CC[C@]34C)C1CC[C@@H]2O. The van der Waals surface area contributed by atoms with Crippen molar-refractivity contribution in [3.8, 4) is 0 Å². The number of allylic oxidation sites excluding steroid dienone is 1. The van der Waals surface area contributed by atoms with Crippen molar-refractivity contribution >= 4 is 0 Å². The van der Waals surface area contributed by atoms with Gasteiger partial charge in [-0.2, -0.15) is 0 Å². The van der Waals surface area contributed by atoms with Gasteiger partial charge in [0.1, 0.15) is 0 Å². The molecule has 3 saturated carbocycles. The summed E-state index contributed by atoms with van der Waals surface area (Å²) in [6.45, 7) is 4.82. The smallest absolute Gasteiger partial charge is 0.224 e. The first-order valence-corrected chi connectivity index (χ1v) is 9.82.